The maximum absolute atomic E-state index is 12.0. The lowest BCUT2D eigenvalue weighted by atomic mass is 10.0. The summed E-state index contributed by atoms with van der Waals surface area (Å²) in [6.45, 7) is 5.90. The van der Waals surface area contributed by atoms with Crippen LogP contribution >= 0.6 is 11.8 Å². The summed E-state index contributed by atoms with van der Waals surface area (Å²) in [6, 6.07) is 9.74. The highest BCUT2D eigenvalue weighted by Crippen LogP contribution is 2.17. The van der Waals surface area contributed by atoms with E-state index in [4.69, 9.17) is 0 Å². The molecule has 2 N–H and O–H groups in total. The summed E-state index contributed by atoms with van der Waals surface area (Å²) in [5.41, 5.74) is 0. The molecule has 0 fully saturated rings. The first kappa shape index (κ1) is 17.6. The van der Waals surface area contributed by atoms with Gasteiger partial charge in [0.15, 0.2) is 0 Å². The Morgan fingerprint density at radius 2 is 1.86 bits per heavy atom. The van der Waals surface area contributed by atoms with Crippen molar-refractivity contribution >= 4 is 23.6 Å². The number of hydrogen-bond acceptors (Lipinski definition) is 3. The molecule has 0 saturated heterocycles. The van der Waals surface area contributed by atoms with Crippen molar-refractivity contribution in [3.05, 3.63) is 30.3 Å². The minimum Gasteiger partial charge on any atom is -0.354 e. The molecular weight excluding hydrogens is 284 g/mol. The average molecular weight is 308 g/mol. The number of carbonyl (C=O) groups excluding carboxylic acids is 2. The number of hydrogen-bond donors (Lipinski definition) is 2. The molecule has 0 saturated carbocycles. The van der Waals surface area contributed by atoms with Gasteiger partial charge >= 0.3 is 0 Å². The van der Waals surface area contributed by atoms with E-state index >= 15 is 0 Å². The van der Waals surface area contributed by atoms with E-state index in [9.17, 15) is 9.59 Å². The van der Waals surface area contributed by atoms with Gasteiger partial charge in [-0.2, -0.15) is 0 Å². The van der Waals surface area contributed by atoms with Crippen LogP contribution in [0.2, 0.25) is 0 Å². The molecular formula is C16H24N2O2S. The van der Waals surface area contributed by atoms with Gasteiger partial charge in [0.05, 0.1) is 0 Å². The molecule has 1 unspecified atom stereocenters. The van der Waals surface area contributed by atoms with E-state index in [0.29, 0.717) is 6.54 Å². The molecule has 1 atom stereocenters. The van der Waals surface area contributed by atoms with Crippen molar-refractivity contribution in [1.29, 1.82) is 0 Å². The number of nitrogens with one attached hydrogen (secondary N) is 2. The molecule has 0 aromatic heterocycles. The average Bonchev–Trinajstić information content (AvgIpc) is 2.44. The Bertz CT molecular complexity index is 449. The van der Waals surface area contributed by atoms with Crippen LogP contribution in [0.5, 0.6) is 0 Å². The third-order valence-electron chi connectivity index (χ3n) is 2.94. The zero-order valence-corrected chi connectivity index (χ0v) is 13.7. The van der Waals surface area contributed by atoms with Crippen LogP contribution in [-0.2, 0) is 9.59 Å². The second-order valence-corrected chi connectivity index (χ2v) is 6.40. The summed E-state index contributed by atoms with van der Waals surface area (Å²) in [6.07, 6.45) is 0.899. The molecule has 0 radical (unpaired) electrons. The number of carbonyl (C=O) groups is 2. The van der Waals surface area contributed by atoms with E-state index in [2.05, 4.69) is 22.8 Å². The largest absolute Gasteiger partial charge is 0.354 e. The molecule has 0 spiro atoms. The van der Waals surface area contributed by atoms with Gasteiger partial charge in [-0.05, 0) is 30.2 Å². The van der Waals surface area contributed by atoms with Gasteiger partial charge in [-0.3, -0.25) is 9.59 Å². The fourth-order valence-electron chi connectivity index (χ4n) is 1.85. The van der Waals surface area contributed by atoms with Gasteiger partial charge < -0.3 is 10.6 Å². The van der Waals surface area contributed by atoms with E-state index in [0.717, 1.165) is 12.2 Å². The van der Waals surface area contributed by atoms with Crippen molar-refractivity contribution in [3.63, 3.8) is 0 Å². The zero-order chi connectivity index (χ0) is 15.7. The van der Waals surface area contributed by atoms with Crippen LogP contribution in [0, 0.1) is 5.92 Å². The van der Waals surface area contributed by atoms with Crippen molar-refractivity contribution in [2.45, 2.75) is 38.1 Å². The topological polar surface area (TPSA) is 58.2 Å². The van der Waals surface area contributed by atoms with E-state index < -0.39 is 6.04 Å². The Morgan fingerprint density at radius 3 is 2.43 bits per heavy atom. The zero-order valence-electron chi connectivity index (χ0n) is 12.9. The molecule has 1 aromatic carbocycles. The second kappa shape index (κ2) is 9.45. The van der Waals surface area contributed by atoms with Crippen LogP contribution in [0.1, 0.15) is 27.2 Å². The molecule has 5 heteroatoms. The van der Waals surface area contributed by atoms with E-state index in [1.807, 2.05) is 32.0 Å². The number of rotatable bonds is 8. The number of benzene rings is 1. The summed E-state index contributed by atoms with van der Waals surface area (Å²) in [5, 5.41) is 5.58. The normalized spacial score (nSPS) is 12.0. The first-order valence-corrected chi connectivity index (χ1v) is 8.22. The molecule has 4 nitrogen and oxygen atoms in total. The Kier molecular flexibility index (Phi) is 7.90. The Labute approximate surface area is 131 Å². The molecule has 116 valence electrons. The highest BCUT2D eigenvalue weighted by molar-refractivity contribution is 7.99. The van der Waals surface area contributed by atoms with Gasteiger partial charge in [0.2, 0.25) is 11.8 Å². The Hall–Kier alpha value is -1.49. The summed E-state index contributed by atoms with van der Waals surface area (Å²) in [5.74, 6) is 0.748. The standard InChI is InChI=1S/C16H24N2O2S/c1-12(2)15(18-13(3)19)16(20)17-10-7-11-21-14-8-5-4-6-9-14/h4-6,8-9,12,15H,7,10-11H2,1-3H3,(H,17,20)(H,18,19). The predicted octanol–water partition coefficient (Wildman–Crippen LogP) is 2.45. The first-order chi connectivity index (χ1) is 10.0. The third kappa shape index (κ3) is 7.18. The Balaban J connectivity index is 2.24. The van der Waals surface area contributed by atoms with Crippen LogP contribution in [0.15, 0.2) is 35.2 Å². The lowest BCUT2D eigenvalue weighted by molar-refractivity contribution is -0.129. The molecule has 1 rings (SSSR count). The van der Waals surface area contributed by atoms with E-state index in [1.54, 1.807) is 11.8 Å². The molecule has 0 aliphatic rings. The van der Waals surface area contributed by atoms with Gasteiger partial charge in [0.25, 0.3) is 0 Å². The van der Waals surface area contributed by atoms with Gasteiger partial charge in [0.1, 0.15) is 6.04 Å². The first-order valence-electron chi connectivity index (χ1n) is 7.23. The second-order valence-electron chi connectivity index (χ2n) is 5.23. The van der Waals surface area contributed by atoms with Crippen molar-refractivity contribution < 1.29 is 9.59 Å². The monoisotopic (exact) mass is 308 g/mol. The van der Waals surface area contributed by atoms with Crippen molar-refractivity contribution in [2.75, 3.05) is 12.3 Å². The van der Waals surface area contributed by atoms with E-state index in [1.165, 1.54) is 11.8 Å². The number of thioether (sulfide) groups is 1. The van der Waals surface area contributed by atoms with Crippen LogP contribution in [0.4, 0.5) is 0 Å². The molecule has 0 heterocycles. The SMILES string of the molecule is CC(=O)NC(C(=O)NCCCSc1ccccc1)C(C)C. The highest BCUT2D eigenvalue weighted by Gasteiger charge is 2.22. The Morgan fingerprint density at radius 1 is 1.19 bits per heavy atom. The summed E-state index contributed by atoms with van der Waals surface area (Å²) in [7, 11) is 0. The van der Waals surface area contributed by atoms with Crippen LogP contribution < -0.4 is 10.6 Å². The van der Waals surface area contributed by atoms with Gasteiger partial charge in [0, 0.05) is 18.4 Å². The van der Waals surface area contributed by atoms with Crippen molar-refractivity contribution in [1.82, 2.24) is 10.6 Å². The van der Waals surface area contributed by atoms with Gasteiger partial charge in [-0.1, -0.05) is 32.0 Å². The fraction of sp³-hybridized carbons (Fsp3) is 0.500. The molecule has 0 aliphatic carbocycles. The smallest absolute Gasteiger partial charge is 0.242 e. The summed E-state index contributed by atoms with van der Waals surface area (Å²) in [4.78, 5) is 24.4. The minimum absolute atomic E-state index is 0.0765. The lowest BCUT2D eigenvalue weighted by Crippen LogP contribution is -2.49. The number of amides is 2. The van der Waals surface area contributed by atoms with Crippen LogP contribution in [0.3, 0.4) is 0 Å². The molecule has 0 bridgehead atoms. The summed E-state index contributed by atoms with van der Waals surface area (Å²) < 4.78 is 0. The predicted molar refractivity (Wildman–Crippen MR) is 87.2 cm³/mol. The minimum atomic E-state index is -0.454. The fourth-order valence-corrected chi connectivity index (χ4v) is 2.73. The van der Waals surface area contributed by atoms with Crippen molar-refractivity contribution in [2.24, 2.45) is 5.92 Å². The maximum Gasteiger partial charge on any atom is 0.242 e. The third-order valence-corrected chi connectivity index (χ3v) is 4.04. The van der Waals surface area contributed by atoms with E-state index in [-0.39, 0.29) is 17.7 Å². The van der Waals surface area contributed by atoms with Gasteiger partial charge in [-0.15, -0.1) is 11.8 Å². The molecule has 0 aliphatic heterocycles. The molecule has 2 amide bonds. The quantitative estimate of drug-likeness (QED) is 0.573. The van der Waals surface area contributed by atoms with Crippen molar-refractivity contribution in [3.8, 4) is 0 Å². The highest BCUT2D eigenvalue weighted by atomic mass is 32.2. The maximum atomic E-state index is 12.0. The summed E-state index contributed by atoms with van der Waals surface area (Å²) >= 11 is 1.78. The van der Waals surface area contributed by atoms with Crippen LogP contribution in [-0.4, -0.2) is 30.2 Å². The molecule has 1 aromatic rings. The lowest BCUT2D eigenvalue weighted by Gasteiger charge is -2.20. The van der Waals surface area contributed by atoms with Gasteiger partial charge in [-0.25, -0.2) is 0 Å². The molecule has 21 heavy (non-hydrogen) atoms. The van der Waals surface area contributed by atoms with Crippen LogP contribution in [0.25, 0.3) is 0 Å².